The van der Waals surface area contributed by atoms with Gasteiger partial charge in [0.2, 0.25) is 0 Å². The number of halogens is 1. The van der Waals surface area contributed by atoms with Crippen LogP contribution in [0.25, 0.3) is 0 Å². The zero-order chi connectivity index (χ0) is 15.8. The van der Waals surface area contributed by atoms with Crippen LogP contribution in [-0.4, -0.2) is 24.7 Å². The van der Waals surface area contributed by atoms with Gasteiger partial charge in [0.05, 0.1) is 19.4 Å². The van der Waals surface area contributed by atoms with E-state index in [9.17, 15) is 4.57 Å². The topological polar surface area (TPSA) is 35.5 Å². The van der Waals surface area contributed by atoms with E-state index >= 15 is 0 Å². The Kier molecular flexibility index (Phi) is 16.0. The van der Waals surface area contributed by atoms with Crippen LogP contribution < -0.4 is 0 Å². The fourth-order valence-corrected chi connectivity index (χ4v) is 4.50. The van der Waals surface area contributed by atoms with E-state index in [-0.39, 0.29) is 0 Å². The summed E-state index contributed by atoms with van der Waals surface area (Å²) in [6.45, 7) is 4.66. The lowest BCUT2D eigenvalue weighted by Crippen LogP contribution is -2.00. The van der Waals surface area contributed by atoms with Crippen LogP contribution in [0.15, 0.2) is 0 Å². The van der Waals surface area contributed by atoms with Gasteiger partial charge in [-0.15, -0.1) is 0 Å². The van der Waals surface area contributed by atoms with E-state index in [1.165, 1.54) is 51.4 Å². The van der Waals surface area contributed by atoms with E-state index in [0.29, 0.717) is 19.4 Å². The van der Waals surface area contributed by atoms with Gasteiger partial charge in [0.1, 0.15) is 0 Å². The minimum atomic E-state index is -2.80. The van der Waals surface area contributed by atoms with E-state index in [2.05, 4.69) is 15.9 Å². The first-order chi connectivity index (χ1) is 10.2. The van der Waals surface area contributed by atoms with Crippen LogP contribution in [0, 0.1) is 0 Å². The molecule has 0 aliphatic carbocycles. The summed E-state index contributed by atoms with van der Waals surface area (Å²) in [6, 6.07) is 0. The quantitative estimate of drug-likeness (QED) is 0.172. The van der Waals surface area contributed by atoms with Crippen LogP contribution in [0.4, 0.5) is 0 Å². The van der Waals surface area contributed by atoms with E-state index < -0.39 is 7.60 Å². The van der Waals surface area contributed by atoms with Crippen molar-refractivity contribution >= 4 is 23.5 Å². The molecule has 0 atom stereocenters. The van der Waals surface area contributed by atoms with Crippen LogP contribution in [-0.2, 0) is 13.6 Å². The van der Waals surface area contributed by atoms with Crippen molar-refractivity contribution < 1.29 is 13.6 Å². The minimum absolute atomic E-state index is 0.465. The molecule has 0 rings (SSSR count). The molecule has 0 amide bonds. The summed E-state index contributed by atoms with van der Waals surface area (Å²) in [4.78, 5) is 0. The molecule has 0 fully saturated rings. The van der Waals surface area contributed by atoms with Crippen molar-refractivity contribution in [1.82, 2.24) is 0 Å². The highest BCUT2D eigenvalue weighted by molar-refractivity contribution is 9.09. The zero-order valence-electron chi connectivity index (χ0n) is 13.9. The average Bonchev–Trinajstić information content (AvgIpc) is 2.45. The summed E-state index contributed by atoms with van der Waals surface area (Å²) in [5.41, 5.74) is 0. The summed E-state index contributed by atoms with van der Waals surface area (Å²) in [7, 11) is -2.80. The molecule has 0 radical (unpaired) electrons. The third kappa shape index (κ3) is 14.0. The first kappa shape index (κ1) is 21.6. The maximum atomic E-state index is 12.2. The smallest absolute Gasteiger partial charge is 0.309 e. The molecule has 0 aromatic rings. The van der Waals surface area contributed by atoms with Gasteiger partial charge in [-0.05, 0) is 26.7 Å². The van der Waals surface area contributed by atoms with Crippen molar-refractivity contribution in [2.75, 3.05) is 24.7 Å². The Bertz CT molecular complexity index is 252. The van der Waals surface area contributed by atoms with Crippen LogP contribution >= 0.6 is 23.5 Å². The number of rotatable bonds is 16. The summed E-state index contributed by atoms with van der Waals surface area (Å²) < 4.78 is 22.8. The van der Waals surface area contributed by atoms with Gasteiger partial charge in [-0.1, -0.05) is 67.3 Å². The van der Waals surface area contributed by atoms with Gasteiger partial charge in [-0.25, -0.2) is 0 Å². The first-order valence-corrected chi connectivity index (χ1v) is 11.5. The Labute approximate surface area is 140 Å². The molecule has 0 heterocycles. The monoisotopic (exact) mass is 384 g/mol. The predicted molar refractivity (Wildman–Crippen MR) is 95.7 cm³/mol. The molecule has 0 aromatic heterocycles. The molecule has 3 nitrogen and oxygen atoms in total. The van der Waals surface area contributed by atoms with E-state index in [1.807, 2.05) is 13.8 Å². The van der Waals surface area contributed by atoms with Crippen LogP contribution in [0.5, 0.6) is 0 Å². The van der Waals surface area contributed by atoms with Crippen molar-refractivity contribution in [2.24, 2.45) is 0 Å². The predicted octanol–water partition coefficient (Wildman–Crippen LogP) is 6.55. The third-order valence-corrected chi connectivity index (χ3v) is 6.20. The molecule has 0 saturated carbocycles. The molecule has 0 saturated heterocycles. The zero-order valence-corrected chi connectivity index (χ0v) is 16.4. The van der Waals surface area contributed by atoms with Gasteiger partial charge in [-0.2, -0.15) is 0 Å². The lowest BCUT2D eigenvalue weighted by Gasteiger charge is -2.16. The van der Waals surface area contributed by atoms with Crippen molar-refractivity contribution in [2.45, 2.75) is 78.1 Å². The van der Waals surface area contributed by atoms with Gasteiger partial charge >= 0.3 is 7.60 Å². The Morgan fingerprint density at radius 1 is 0.714 bits per heavy atom. The Balaban J connectivity index is 3.40. The fraction of sp³-hybridized carbons (Fsp3) is 1.00. The van der Waals surface area contributed by atoms with Crippen molar-refractivity contribution in [1.29, 1.82) is 0 Å². The Morgan fingerprint density at radius 3 is 1.48 bits per heavy atom. The fourth-order valence-electron chi connectivity index (χ4n) is 2.37. The molecular formula is C16H34BrO3P. The van der Waals surface area contributed by atoms with E-state index in [0.717, 1.165) is 18.2 Å². The number of hydrogen-bond acceptors (Lipinski definition) is 3. The second kappa shape index (κ2) is 15.5. The highest BCUT2D eigenvalue weighted by Gasteiger charge is 2.22. The summed E-state index contributed by atoms with van der Waals surface area (Å²) in [5, 5.41) is 1.14. The molecule has 0 aliphatic rings. The molecule has 0 bridgehead atoms. The maximum Gasteiger partial charge on any atom is 0.330 e. The second-order valence-electron chi connectivity index (χ2n) is 5.39. The summed E-state index contributed by atoms with van der Waals surface area (Å²) in [6.07, 6.45) is 13.3. The third-order valence-electron chi connectivity index (χ3n) is 3.47. The van der Waals surface area contributed by atoms with Gasteiger partial charge in [-0.3, -0.25) is 4.57 Å². The summed E-state index contributed by atoms with van der Waals surface area (Å²) in [5.74, 6) is 0. The normalized spacial score (nSPS) is 12.0. The highest BCUT2D eigenvalue weighted by atomic mass is 79.9. The Morgan fingerprint density at radius 2 is 1.10 bits per heavy atom. The SMILES string of the molecule is CCOP(=O)(CCCCCCCCCCCCBr)OCC. The highest BCUT2D eigenvalue weighted by Crippen LogP contribution is 2.48. The van der Waals surface area contributed by atoms with Gasteiger partial charge < -0.3 is 9.05 Å². The van der Waals surface area contributed by atoms with Crippen molar-refractivity contribution in [3.05, 3.63) is 0 Å². The molecule has 0 aromatic carbocycles. The number of hydrogen-bond donors (Lipinski definition) is 0. The Hall–Kier alpha value is 0.630. The molecule has 5 heteroatoms. The minimum Gasteiger partial charge on any atom is -0.309 e. The number of unbranched alkanes of at least 4 members (excludes halogenated alkanes) is 9. The lowest BCUT2D eigenvalue weighted by molar-refractivity contribution is 0.219. The standard InChI is InChI=1S/C16H34BrO3P/c1-3-19-21(18,20-4-2)16-14-12-10-8-6-5-7-9-11-13-15-17/h3-16H2,1-2H3. The lowest BCUT2D eigenvalue weighted by atomic mass is 10.1. The van der Waals surface area contributed by atoms with Gasteiger partial charge in [0.25, 0.3) is 0 Å². The first-order valence-electron chi connectivity index (χ1n) is 8.62. The molecule has 0 aliphatic heterocycles. The average molecular weight is 385 g/mol. The molecule has 0 N–H and O–H groups in total. The molecule has 0 spiro atoms. The molecule has 21 heavy (non-hydrogen) atoms. The molecular weight excluding hydrogens is 351 g/mol. The largest absolute Gasteiger partial charge is 0.330 e. The van der Waals surface area contributed by atoms with E-state index in [1.54, 1.807) is 0 Å². The van der Waals surface area contributed by atoms with Gasteiger partial charge in [0.15, 0.2) is 0 Å². The van der Waals surface area contributed by atoms with Crippen molar-refractivity contribution in [3.8, 4) is 0 Å². The molecule has 128 valence electrons. The van der Waals surface area contributed by atoms with E-state index in [4.69, 9.17) is 9.05 Å². The van der Waals surface area contributed by atoms with Crippen molar-refractivity contribution in [3.63, 3.8) is 0 Å². The van der Waals surface area contributed by atoms with Crippen LogP contribution in [0.2, 0.25) is 0 Å². The van der Waals surface area contributed by atoms with Crippen LogP contribution in [0.3, 0.4) is 0 Å². The van der Waals surface area contributed by atoms with Gasteiger partial charge in [0, 0.05) is 5.33 Å². The maximum absolute atomic E-state index is 12.2. The second-order valence-corrected chi connectivity index (χ2v) is 8.37. The summed E-state index contributed by atoms with van der Waals surface area (Å²) >= 11 is 3.46. The number of alkyl halides is 1. The van der Waals surface area contributed by atoms with Crippen LogP contribution in [0.1, 0.15) is 78.1 Å². The molecule has 0 unspecified atom stereocenters.